The number of para-hydroxylation sites is 3. The van der Waals surface area contributed by atoms with Crippen molar-refractivity contribution < 1.29 is 22.7 Å². The number of anilines is 2. The summed E-state index contributed by atoms with van der Waals surface area (Å²) in [4.78, 5) is 12.7. The molecule has 0 saturated heterocycles. The van der Waals surface area contributed by atoms with Crippen LogP contribution >= 0.6 is 23.2 Å². The molecule has 0 spiro atoms. The van der Waals surface area contributed by atoms with Crippen LogP contribution in [-0.2, 0) is 10.0 Å². The first kappa shape index (κ1) is 25.4. The highest BCUT2D eigenvalue weighted by Gasteiger charge is 2.21. The second kappa shape index (κ2) is 10.9. The second-order valence-electron chi connectivity index (χ2n) is 7.46. The number of carbonyl (C=O) groups excluding carboxylic acids is 1. The second-order valence-corrected chi connectivity index (χ2v) is 9.98. The molecule has 0 fully saturated rings. The molecular weight excluding hydrogens is 523 g/mol. The van der Waals surface area contributed by atoms with Crippen molar-refractivity contribution in [3.63, 3.8) is 0 Å². The van der Waals surface area contributed by atoms with Crippen LogP contribution < -0.4 is 19.5 Å². The average Bonchev–Trinajstić information content (AvgIpc) is 2.85. The van der Waals surface area contributed by atoms with Gasteiger partial charge in [-0.15, -0.1) is 0 Å². The van der Waals surface area contributed by atoms with Gasteiger partial charge in [-0.25, -0.2) is 8.42 Å². The number of benzene rings is 4. The molecule has 0 atom stereocenters. The number of halogens is 2. The summed E-state index contributed by atoms with van der Waals surface area (Å²) in [5.74, 6) is 0.588. The highest BCUT2D eigenvalue weighted by atomic mass is 35.5. The normalized spacial score (nSPS) is 11.0. The van der Waals surface area contributed by atoms with E-state index >= 15 is 0 Å². The number of nitrogens with one attached hydrogen (secondary N) is 2. The third-order valence-corrected chi connectivity index (χ3v) is 6.92. The summed E-state index contributed by atoms with van der Waals surface area (Å²) >= 11 is 12.0. The summed E-state index contributed by atoms with van der Waals surface area (Å²) < 4.78 is 40.2. The minimum absolute atomic E-state index is 0.102. The first-order chi connectivity index (χ1) is 17.3. The van der Waals surface area contributed by atoms with Gasteiger partial charge in [0.25, 0.3) is 15.9 Å². The van der Waals surface area contributed by atoms with Crippen LogP contribution in [-0.4, -0.2) is 21.4 Å². The van der Waals surface area contributed by atoms with Gasteiger partial charge in [0.15, 0.2) is 5.75 Å². The zero-order valence-corrected chi connectivity index (χ0v) is 21.2. The van der Waals surface area contributed by atoms with Gasteiger partial charge in [0, 0.05) is 5.02 Å². The Morgan fingerprint density at radius 3 is 2.25 bits per heavy atom. The van der Waals surface area contributed by atoms with E-state index in [0.717, 1.165) is 0 Å². The molecule has 4 rings (SSSR count). The number of rotatable bonds is 8. The lowest BCUT2D eigenvalue weighted by Crippen LogP contribution is -2.16. The molecule has 1 amide bonds. The minimum atomic E-state index is -4.07. The molecule has 0 aliphatic carbocycles. The van der Waals surface area contributed by atoms with Crippen molar-refractivity contribution in [1.29, 1.82) is 0 Å². The summed E-state index contributed by atoms with van der Waals surface area (Å²) in [6, 6.07) is 24.2. The number of amides is 1. The molecule has 0 bridgehead atoms. The fourth-order valence-corrected chi connectivity index (χ4v) is 4.86. The standard InChI is InChI=1S/C26H20Cl2N2O5S/c1-34-24-14-12-19(16-23(24)29-26(31)20-13-11-17(27)15-21(20)28)36(32,33)30-22-9-5-6-10-25(22)35-18-7-3-2-4-8-18/h2-16,30H,1H3,(H,29,31). The van der Waals surface area contributed by atoms with Gasteiger partial charge in [-0.05, 0) is 60.7 Å². The van der Waals surface area contributed by atoms with E-state index in [4.69, 9.17) is 32.7 Å². The van der Waals surface area contributed by atoms with E-state index in [2.05, 4.69) is 10.0 Å². The number of methoxy groups -OCH3 is 1. The molecule has 0 unspecified atom stereocenters. The van der Waals surface area contributed by atoms with E-state index in [1.807, 2.05) is 18.2 Å². The van der Waals surface area contributed by atoms with Gasteiger partial charge < -0.3 is 14.8 Å². The van der Waals surface area contributed by atoms with Crippen molar-refractivity contribution in [2.45, 2.75) is 4.90 Å². The Morgan fingerprint density at radius 1 is 0.806 bits per heavy atom. The van der Waals surface area contributed by atoms with Gasteiger partial charge in [-0.2, -0.15) is 0 Å². The minimum Gasteiger partial charge on any atom is -0.495 e. The van der Waals surface area contributed by atoms with Gasteiger partial charge in [-0.1, -0.05) is 53.5 Å². The molecule has 0 radical (unpaired) electrons. The maximum Gasteiger partial charge on any atom is 0.262 e. The Hall–Kier alpha value is -3.72. The smallest absolute Gasteiger partial charge is 0.262 e. The number of hydrogen-bond acceptors (Lipinski definition) is 5. The highest BCUT2D eigenvalue weighted by molar-refractivity contribution is 7.92. The number of hydrogen-bond donors (Lipinski definition) is 2. The maximum atomic E-state index is 13.2. The molecule has 4 aromatic rings. The van der Waals surface area contributed by atoms with Crippen LogP contribution in [0, 0.1) is 0 Å². The third-order valence-electron chi connectivity index (χ3n) is 5.01. The summed E-state index contributed by atoms with van der Waals surface area (Å²) in [5, 5.41) is 3.18. The van der Waals surface area contributed by atoms with Gasteiger partial charge in [0.1, 0.15) is 11.5 Å². The summed E-state index contributed by atoms with van der Waals surface area (Å²) in [6.45, 7) is 0. The van der Waals surface area contributed by atoms with Crippen LogP contribution in [0.5, 0.6) is 17.2 Å². The molecule has 0 heterocycles. The Balaban J connectivity index is 1.61. The van der Waals surface area contributed by atoms with Crippen molar-refractivity contribution >= 4 is 50.5 Å². The lowest BCUT2D eigenvalue weighted by molar-refractivity contribution is 0.102. The van der Waals surface area contributed by atoms with E-state index in [-0.39, 0.29) is 32.6 Å². The Bertz CT molecular complexity index is 1510. The molecule has 4 aromatic carbocycles. The molecule has 0 aliphatic heterocycles. The molecule has 0 saturated carbocycles. The molecule has 36 heavy (non-hydrogen) atoms. The van der Waals surface area contributed by atoms with Crippen LogP contribution in [0.15, 0.2) is 95.9 Å². The van der Waals surface area contributed by atoms with Crippen molar-refractivity contribution in [2.75, 3.05) is 17.1 Å². The van der Waals surface area contributed by atoms with Crippen molar-refractivity contribution in [2.24, 2.45) is 0 Å². The van der Waals surface area contributed by atoms with Gasteiger partial charge in [0.2, 0.25) is 0 Å². The summed E-state index contributed by atoms with van der Waals surface area (Å²) in [5.41, 5.74) is 0.558. The lowest BCUT2D eigenvalue weighted by atomic mass is 10.2. The molecule has 7 nitrogen and oxygen atoms in total. The topological polar surface area (TPSA) is 93.7 Å². The summed E-state index contributed by atoms with van der Waals surface area (Å²) in [7, 11) is -2.66. The Morgan fingerprint density at radius 2 is 1.53 bits per heavy atom. The number of carbonyl (C=O) groups is 1. The monoisotopic (exact) mass is 542 g/mol. The van der Waals surface area contributed by atoms with E-state index in [9.17, 15) is 13.2 Å². The Kier molecular flexibility index (Phi) is 7.69. The first-order valence-corrected chi connectivity index (χ1v) is 12.8. The number of ether oxygens (including phenoxy) is 2. The predicted octanol–water partition coefficient (Wildman–Crippen LogP) is 6.85. The van der Waals surface area contributed by atoms with Crippen LogP contribution in [0.3, 0.4) is 0 Å². The number of sulfonamides is 1. The molecule has 10 heteroatoms. The quantitative estimate of drug-likeness (QED) is 0.254. The van der Waals surface area contributed by atoms with Crippen molar-refractivity contribution in [1.82, 2.24) is 0 Å². The molecule has 2 N–H and O–H groups in total. The fraction of sp³-hybridized carbons (Fsp3) is 0.0385. The predicted molar refractivity (Wildman–Crippen MR) is 141 cm³/mol. The zero-order valence-electron chi connectivity index (χ0n) is 18.9. The largest absolute Gasteiger partial charge is 0.495 e. The van der Waals surface area contributed by atoms with E-state index in [1.54, 1.807) is 36.4 Å². The average molecular weight is 543 g/mol. The van der Waals surface area contributed by atoms with Crippen LogP contribution in [0.1, 0.15) is 10.4 Å². The maximum absolute atomic E-state index is 13.2. The van der Waals surface area contributed by atoms with E-state index in [0.29, 0.717) is 16.5 Å². The molecule has 184 valence electrons. The fourth-order valence-electron chi connectivity index (χ4n) is 3.27. The van der Waals surface area contributed by atoms with Crippen LogP contribution in [0.2, 0.25) is 10.0 Å². The molecular formula is C26H20Cl2N2O5S. The van der Waals surface area contributed by atoms with Crippen LogP contribution in [0.25, 0.3) is 0 Å². The van der Waals surface area contributed by atoms with Crippen molar-refractivity contribution in [3.05, 3.63) is 107 Å². The van der Waals surface area contributed by atoms with Gasteiger partial charge >= 0.3 is 0 Å². The third kappa shape index (κ3) is 5.91. The molecule has 0 aliphatic rings. The molecule has 0 aromatic heterocycles. The van der Waals surface area contributed by atoms with Gasteiger partial charge in [-0.3, -0.25) is 9.52 Å². The zero-order chi connectivity index (χ0) is 25.7. The van der Waals surface area contributed by atoms with Crippen LogP contribution in [0.4, 0.5) is 11.4 Å². The van der Waals surface area contributed by atoms with E-state index in [1.165, 1.54) is 43.5 Å². The SMILES string of the molecule is COc1ccc(S(=O)(=O)Nc2ccccc2Oc2ccccc2)cc1NC(=O)c1ccc(Cl)cc1Cl. The summed E-state index contributed by atoms with van der Waals surface area (Å²) in [6.07, 6.45) is 0. The lowest BCUT2D eigenvalue weighted by Gasteiger charge is -2.15. The Labute approximate surface area is 218 Å². The van der Waals surface area contributed by atoms with Gasteiger partial charge in [0.05, 0.1) is 34.0 Å². The van der Waals surface area contributed by atoms with E-state index < -0.39 is 15.9 Å². The first-order valence-electron chi connectivity index (χ1n) is 10.6. The highest BCUT2D eigenvalue weighted by Crippen LogP contribution is 2.33. The van der Waals surface area contributed by atoms with Crippen molar-refractivity contribution in [3.8, 4) is 17.2 Å².